The monoisotopic (exact) mass is 1940 g/mol. The summed E-state index contributed by atoms with van der Waals surface area (Å²) in [5.41, 5.74) is 13.0. The third-order valence-electron chi connectivity index (χ3n) is 22.0. The summed E-state index contributed by atoms with van der Waals surface area (Å²) in [6.07, 6.45) is -2.39. The van der Waals surface area contributed by atoms with Gasteiger partial charge in [-0.2, -0.15) is 0 Å². The van der Waals surface area contributed by atoms with Crippen molar-refractivity contribution >= 4 is 163 Å². The number of benzene rings is 3. The van der Waals surface area contributed by atoms with Gasteiger partial charge in [-0.05, 0) is 136 Å². The number of rotatable bonds is 66. The van der Waals surface area contributed by atoms with Gasteiger partial charge in [-0.3, -0.25) is 111 Å². The van der Waals surface area contributed by atoms with Crippen LogP contribution in [0.15, 0.2) is 79.0 Å². The van der Waals surface area contributed by atoms with Crippen LogP contribution in [0.4, 0.5) is 16.0 Å². The first-order chi connectivity index (χ1) is 64.5. The number of amides is 11. The number of phenolic OH excluding ortho intramolecular Hbond substituents is 2. The van der Waals surface area contributed by atoms with Crippen molar-refractivity contribution in [1.82, 2.24) is 67.3 Å². The van der Waals surface area contributed by atoms with Crippen LogP contribution in [0.3, 0.4) is 0 Å². The molecule has 6 rings (SSSR count). The lowest BCUT2D eigenvalue weighted by Gasteiger charge is -2.31. The van der Waals surface area contributed by atoms with Gasteiger partial charge in [0.1, 0.15) is 36.0 Å². The number of nitrogens with one attached hydrogen (secondary N) is 11. The Balaban J connectivity index is 1.05. The maximum absolute atomic E-state index is 14.5. The maximum Gasteiger partial charge on any atom is 0.307 e. The summed E-state index contributed by atoms with van der Waals surface area (Å²) in [4.78, 5) is 239. The number of ketones is 3. The number of phenols is 2. The molecule has 0 aliphatic carbocycles. The molecule has 2 aromatic heterocycles. The number of imide groups is 1. The number of aliphatic carboxylic acids is 3. The number of guanidine groups is 1. The van der Waals surface area contributed by atoms with E-state index in [4.69, 9.17) is 22.8 Å². The fourth-order valence-electron chi connectivity index (χ4n) is 14.5. The molecule has 0 saturated carbocycles. The van der Waals surface area contributed by atoms with Crippen LogP contribution >= 0.6 is 23.1 Å². The van der Waals surface area contributed by atoms with Gasteiger partial charge < -0.3 is 89.6 Å². The number of likely N-dealkylation sites (tertiary alicyclic amines) is 1. The number of aromatic hydroxyl groups is 2. The number of carboxylic acid groups (broad SMARTS) is 3. The highest BCUT2D eigenvalue weighted by Crippen LogP contribution is 2.38. The summed E-state index contributed by atoms with van der Waals surface area (Å²) < 4.78 is 35.3. The van der Waals surface area contributed by atoms with Crippen molar-refractivity contribution in [3.63, 3.8) is 0 Å². The maximum atomic E-state index is 14.5. The Hall–Kier alpha value is -13.3. The van der Waals surface area contributed by atoms with Crippen molar-refractivity contribution in [3.05, 3.63) is 101 Å². The predicted molar refractivity (Wildman–Crippen MR) is 490 cm³/mol. The van der Waals surface area contributed by atoms with Crippen LogP contribution in [0.1, 0.15) is 205 Å². The molecule has 21 N–H and O–H groups in total. The molecule has 1 fully saturated rings. The Morgan fingerprint density at radius 2 is 1.18 bits per heavy atom. The molecule has 3 aromatic carbocycles. The van der Waals surface area contributed by atoms with Gasteiger partial charge in [-0.15, -0.1) is 27.1 Å². The minimum Gasteiger partial charge on any atom is -0.508 e. The molecule has 48 heteroatoms. The molecule has 1 aliphatic rings. The van der Waals surface area contributed by atoms with E-state index in [2.05, 4.69) is 77.8 Å². The van der Waals surface area contributed by atoms with E-state index < -0.39 is 209 Å². The zero-order valence-corrected chi connectivity index (χ0v) is 77.4. The second-order valence-electron chi connectivity index (χ2n) is 32.9. The summed E-state index contributed by atoms with van der Waals surface area (Å²) in [5.74, 6) is -20.1. The largest absolute Gasteiger partial charge is 0.508 e. The molecule has 5 aromatic rings. The number of hydrogen-bond donors (Lipinski definition) is 19. The van der Waals surface area contributed by atoms with Crippen LogP contribution in [0.5, 0.6) is 11.5 Å². The first-order valence-electron chi connectivity index (χ1n) is 44.4. The molecule has 0 bridgehead atoms. The van der Waals surface area contributed by atoms with Crippen molar-refractivity contribution in [2.75, 3.05) is 47.3 Å². The number of thioether (sulfide) groups is 1. The summed E-state index contributed by atoms with van der Waals surface area (Å²) in [5, 5.41) is 95.9. The van der Waals surface area contributed by atoms with Gasteiger partial charge >= 0.3 is 17.9 Å². The Morgan fingerprint density at radius 1 is 0.607 bits per heavy atom. The van der Waals surface area contributed by atoms with E-state index in [1.807, 2.05) is 6.92 Å². The zero-order valence-electron chi connectivity index (χ0n) is 75.9. The Kier molecular flexibility index (Phi) is 46.2. The molecule has 0 spiro atoms. The van der Waals surface area contributed by atoms with Crippen LogP contribution in [0, 0.1) is 29.1 Å². The third kappa shape index (κ3) is 40.6. The zero-order chi connectivity index (χ0) is 100. The molecular formula is C87H119N19O26S3. The number of Topliss-reactive ketones (excluding diaryl/α,β-unsaturated/α-hetero) is 3. The molecular weight excluding hydrogens is 1820 g/mol. The van der Waals surface area contributed by atoms with Gasteiger partial charge in [-0.1, -0.05) is 86.6 Å². The second kappa shape index (κ2) is 57.4. The topological polar surface area (TPSA) is 711 Å². The lowest BCUT2D eigenvalue weighted by atomic mass is 9.73. The Bertz CT molecular complexity index is 4960. The van der Waals surface area contributed by atoms with E-state index in [9.17, 15) is 116 Å². The molecule has 45 nitrogen and oxygen atoms in total. The standard InChI is InChI=1S/C87H119N19O26S3/c1-51(2)62(79(124)96-64(16-6-7-18-70(88)113)80(125)94-57-26-20-52(21-27-57)48-132-50-107)43-61(110)15-5-4-9-40-106-75(118)46-69(82(106)127)133-49-54(83(128)129)42-68(112)65(44-76(119)120)97-78(123)53(13-12-36-93-84(89)90)41-67(111)66(45-77(121)122)98-81(126)63(17-8-10-39-105-47-58(100-104-105)14-11-19-73(116)99-85-101-102-86(134-85)103-135(130)131)95-74(117)34-38-92-72(115)33-37-91-71(114)32-35-87(3,55-22-28-59(108)29-23-55)56-24-30-60(109)31-25-56/h20-31,47,50-51,53-54,62-66,69,108-109H,4-19,32-46,48-49H2,1-3H3,(H2,88,113)(H,91,114)(H,92,115)(H,94,125)(H,95,117)(H,96,124)(H,97,123)(H,98,126)(H,102,103)(H,119,120)(H,121,122)(H,128,129)(H,130,131)(H4,89,90,93)(H,99,101,116)/t53-,54+,62+,63+,64+,65+,66+,69?/m1/s1/i50D. The quantitative estimate of drug-likeness (QED) is 0.00662. The Morgan fingerprint density at radius 3 is 1.77 bits per heavy atom. The average Bonchev–Trinajstić information content (AvgIpc) is 0.952. The first-order valence-corrected chi connectivity index (χ1v) is 46.8. The lowest BCUT2D eigenvalue weighted by Crippen LogP contribution is -2.53. The van der Waals surface area contributed by atoms with Gasteiger partial charge in [0, 0.05) is 132 Å². The molecule has 3 heterocycles. The van der Waals surface area contributed by atoms with E-state index in [0.29, 0.717) is 49.0 Å². The Labute approximate surface area is 789 Å². The van der Waals surface area contributed by atoms with Crippen LogP contribution < -0.4 is 64.0 Å². The average molecular weight is 1940 g/mol. The molecule has 736 valence electrons. The fourth-order valence-corrected chi connectivity index (χ4v) is 16.9. The normalized spacial score (nSPS) is 14.3. The SMILES string of the molecule is [2H]C(=O)OCc1ccc(NC(=O)[C@H](CCCCC(N)=O)NC(=O)[C@@H](CC(=O)CCCCCN2C(=O)CC(SC[C@H](CC(=O)[C@H](CC(=O)O)NC(=O)[C@H](CCCNC(=N)N)CC(=O)[C@H](CC(=O)O)NC(=O)[C@H](CCCCn3cc(CCCC(=O)Nc4nnc(NS(=O)O)s4)nn3)NC(=O)CCNC(=O)CCNC(=O)CCC(C)(c3ccc(O)cc3)c3ccc(O)cc3)C(=O)O)C2=O)C(C)C)cc1. The minimum atomic E-state index is -2.41. The van der Waals surface area contributed by atoms with Crippen LogP contribution in [-0.4, -0.2) is 238 Å². The molecule has 135 heavy (non-hydrogen) atoms. The number of nitrogens with zero attached hydrogens (tertiary/aromatic N) is 6. The van der Waals surface area contributed by atoms with E-state index in [0.717, 1.165) is 39.1 Å². The molecule has 1 aliphatic heterocycles. The number of aryl methyl sites for hydroxylation is 2. The highest BCUT2D eigenvalue weighted by molar-refractivity contribution is 8.00. The molecule has 2 unspecified atom stereocenters. The van der Waals surface area contributed by atoms with E-state index in [1.54, 1.807) is 56.4 Å². The number of ether oxygens (including phenoxy) is 1. The van der Waals surface area contributed by atoms with Gasteiger partial charge in [-0.25, -0.2) is 4.21 Å². The highest BCUT2D eigenvalue weighted by Gasteiger charge is 2.41. The predicted octanol–water partition coefficient (Wildman–Crippen LogP) is 3.42. The third-order valence-corrected chi connectivity index (χ3v) is 24.7. The van der Waals surface area contributed by atoms with E-state index >= 15 is 0 Å². The number of anilines is 3. The number of carboxylic acids is 3. The van der Waals surface area contributed by atoms with Crippen molar-refractivity contribution in [3.8, 4) is 11.5 Å². The molecule has 9 atom stereocenters. The highest BCUT2D eigenvalue weighted by atomic mass is 32.2. The lowest BCUT2D eigenvalue weighted by molar-refractivity contribution is -0.144. The van der Waals surface area contributed by atoms with Crippen LogP contribution in [0.2, 0.25) is 0 Å². The van der Waals surface area contributed by atoms with E-state index in [1.165, 1.54) is 41.1 Å². The van der Waals surface area contributed by atoms with Crippen molar-refractivity contribution in [2.24, 2.45) is 35.1 Å². The van der Waals surface area contributed by atoms with Gasteiger partial charge in [0.15, 0.2) is 18.9 Å². The van der Waals surface area contributed by atoms with Gasteiger partial charge in [0.05, 0.1) is 41.8 Å². The minimum absolute atomic E-state index is 0.00179. The summed E-state index contributed by atoms with van der Waals surface area (Å²) in [6.45, 7) is 4.83. The van der Waals surface area contributed by atoms with Crippen molar-refractivity contribution in [2.45, 2.75) is 236 Å². The van der Waals surface area contributed by atoms with Crippen LogP contribution in [-0.2, 0) is 127 Å². The van der Waals surface area contributed by atoms with Crippen molar-refractivity contribution in [1.29, 1.82) is 5.41 Å². The number of hydrogen-bond acceptors (Lipinski definition) is 29. The number of nitrogens with two attached hydrogens (primary N) is 2. The molecule has 0 radical (unpaired) electrons. The van der Waals surface area contributed by atoms with Crippen LogP contribution in [0.25, 0.3) is 0 Å². The van der Waals surface area contributed by atoms with Gasteiger partial charge in [0.2, 0.25) is 75.2 Å². The smallest absolute Gasteiger partial charge is 0.307 e. The fraction of sp³-hybridized carbons (Fsp3) is 0.529. The van der Waals surface area contributed by atoms with E-state index in [-0.39, 0.29) is 176 Å². The number of primary amides is 1. The first kappa shape index (κ1) is 109. The number of aromatic nitrogens is 5. The second-order valence-corrected chi connectivity index (χ2v) is 35.8. The summed E-state index contributed by atoms with van der Waals surface area (Å²) in [6, 6.07) is 12.6. The van der Waals surface area contributed by atoms with Crippen molar-refractivity contribution < 1.29 is 127 Å². The number of carbonyl (C=O) groups is 18. The summed E-state index contributed by atoms with van der Waals surface area (Å²) >= 11 is -0.826. The number of carbonyl (C=O) groups excluding carboxylic acids is 15. The molecule has 1 saturated heterocycles. The number of unbranched alkanes of at least 4 members (excludes halogenated alkanes) is 4. The summed E-state index contributed by atoms with van der Waals surface area (Å²) in [7, 11) is 0. The molecule has 11 amide bonds. The van der Waals surface area contributed by atoms with Gasteiger partial charge in [0.25, 0.3) is 17.7 Å².